The van der Waals surface area contributed by atoms with Gasteiger partial charge in [0.1, 0.15) is 18.3 Å². The SMILES string of the molecule is CC(C)(C)OC(=O)N(OC(C)(C)C)c1ncnc2c1ncn2-c1ccc(N(O)C(=O)Nc2ccc(Cl)c(C(F)(F)F)c2)cc1. The number of aromatic nitrogens is 4. The fourth-order valence-corrected chi connectivity index (χ4v) is 4.00. The summed E-state index contributed by atoms with van der Waals surface area (Å²) in [6.45, 7) is 10.4. The third-order valence-electron chi connectivity index (χ3n) is 5.52. The standard InChI is InChI=1S/C28H29ClF3N7O5/c1-26(2,3)43-25(41)39(44-27(4,5)6)23-21-22(33-14-34-23)37(15-35-21)17-8-10-18(11-9-17)38(42)24(40)36-16-7-12-20(29)19(13-16)28(30,31)32/h7-15,42H,1-6H3,(H,36,40). The molecule has 4 rings (SSSR count). The number of rotatable bonds is 5. The Kier molecular flexibility index (Phi) is 8.77. The number of alkyl halides is 3. The molecular formula is C28H29ClF3N7O5. The normalized spacial score (nSPS) is 12.2. The van der Waals surface area contributed by atoms with Gasteiger partial charge in [-0.1, -0.05) is 11.6 Å². The highest BCUT2D eigenvalue weighted by Crippen LogP contribution is 2.36. The second-order valence-corrected chi connectivity index (χ2v) is 11.8. The average Bonchev–Trinajstić information content (AvgIpc) is 3.35. The highest BCUT2D eigenvalue weighted by atomic mass is 35.5. The van der Waals surface area contributed by atoms with Gasteiger partial charge in [-0.3, -0.25) is 14.6 Å². The zero-order valence-corrected chi connectivity index (χ0v) is 25.2. The first-order valence-corrected chi connectivity index (χ1v) is 13.4. The summed E-state index contributed by atoms with van der Waals surface area (Å²) in [6.07, 6.45) is -2.87. The van der Waals surface area contributed by atoms with Crippen molar-refractivity contribution in [3.05, 3.63) is 65.7 Å². The van der Waals surface area contributed by atoms with E-state index in [1.165, 1.54) is 43.0 Å². The van der Waals surface area contributed by atoms with Gasteiger partial charge in [-0.2, -0.15) is 18.2 Å². The maximum absolute atomic E-state index is 13.2. The molecule has 234 valence electrons. The first-order chi connectivity index (χ1) is 20.3. The Morgan fingerprint density at radius 2 is 1.61 bits per heavy atom. The van der Waals surface area contributed by atoms with Crippen LogP contribution in [0.5, 0.6) is 0 Å². The number of fused-ring (bicyclic) bond motifs is 1. The number of imidazole rings is 1. The number of halogens is 4. The van der Waals surface area contributed by atoms with E-state index in [2.05, 4.69) is 20.3 Å². The van der Waals surface area contributed by atoms with E-state index in [-0.39, 0.29) is 27.8 Å². The second kappa shape index (κ2) is 11.9. The minimum absolute atomic E-state index is 0.00525. The lowest BCUT2D eigenvalue weighted by Gasteiger charge is -2.30. The van der Waals surface area contributed by atoms with Crippen molar-refractivity contribution >= 4 is 52.1 Å². The van der Waals surface area contributed by atoms with E-state index in [0.29, 0.717) is 17.4 Å². The largest absolute Gasteiger partial charge is 0.442 e. The van der Waals surface area contributed by atoms with Gasteiger partial charge in [0.2, 0.25) is 0 Å². The van der Waals surface area contributed by atoms with Crippen LogP contribution in [0.1, 0.15) is 47.1 Å². The van der Waals surface area contributed by atoms with Crippen LogP contribution >= 0.6 is 11.6 Å². The van der Waals surface area contributed by atoms with Crippen molar-refractivity contribution in [1.29, 1.82) is 0 Å². The molecule has 0 spiro atoms. The number of hydroxylamine groups is 2. The maximum atomic E-state index is 13.2. The summed E-state index contributed by atoms with van der Waals surface area (Å²) in [5, 5.41) is 13.2. The molecule has 0 saturated heterocycles. The smallest absolute Gasteiger partial charge is 0.440 e. The van der Waals surface area contributed by atoms with Gasteiger partial charge in [-0.25, -0.2) is 24.5 Å². The van der Waals surface area contributed by atoms with Crippen molar-refractivity contribution in [2.45, 2.75) is 58.9 Å². The first kappa shape index (κ1) is 32.4. The molecule has 0 aliphatic rings. The second-order valence-electron chi connectivity index (χ2n) is 11.4. The van der Waals surface area contributed by atoms with E-state index in [1.54, 1.807) is 46.1 Å². The number of nitrogens with zero attached hydrogens (tertiary/aromatic N) is 6. The summed E-state index contributed by atoms with van der Waals surface area (Å²) < 4.78 is 46.6. The Morgan fingerprint density at radius 3 is 2.20 bits per heavy atom. The molecule has 12 nitrogen and oxygen atoms in total. The van der Waals surface area contributed by atoms with Crippen LogP contribution in [-0.2, 0) is 15.8 Å². The third kappa shape index (κ3) is 7.53. The number of carbonyl (C=O) groups excluding carboxylic acids is 2. The average molecular weight is 636 g/mol. The van der Waals surface area contributed by atoms with E-state index in [4.69, 9.17) is 21.2 Å². The van der Waals surface area contributed by atoms with Crippen LogP contribution in [0.2, 0.25) is 5.02 Å². The van der Waals surface area contributed by atoms with Crippen molar-refractivity contribution in [1.82, 2.24) is 19.5 Å². The van der Waals surface area contributed by atoms with Crippen LogP contribution in [0.25, 0.3) is 16.9 Å². The highest BCUT2D eigenvalue weighted by molar-refractivity contribution is 6.31. The molecule has 2 N–H and O–H groups in total. The first-order valence-electron chi connectivity index (χ1n) is 13.0. The summed E-state index contributed by atoms with van der Waals surface area (Å²) in [7, 11) is 0. The predicted molar refractivity (Wildman–Crippen MR) is 156 cm³/mol. The van der Waals surface area contributed by atoms with Crippen LogP contribution in [0.3, 0.4) is 0 Å². The van der Waals surface area contributed by atoms with Crippen molar-refractivity contribution in [2.75, 3.05) is 15.4 Å². The number of hydrogen-bond acceptors (Lipinski definition) is 8. The molecule has 4 aromatic rings. The van der Waals surface area contributed by atoms with Crippen molar-refractivity contribution in [3.63, 3.8) is 0 Å². The van der Waals surface area contributed by atoms with Gasteiger partial charge in [0, 0.05) is 11.4 Å². The summed E-state index contributed by atoms with van der Waals surface area (Å²) in [5.41, 5.74) is -1.95. The van der Waals surface area contributed by atoms with E-state index in [0.717, 1.165) is 11.1 Å². The van der Waals surface area contributed by atoms with E-state index in [1.807, 2.05) is 0 Å². The maximum Gasteiger partial charge on any atom is 0.440 e. The molecular weight excluding hydrogens is 607 g/mol. The van der Waals surface area contributed by atoms with Gasteiger partial charge < -0.3 is 10.1 Å². The Balaban J connectivity index is 1.59. The third-order valence-corrected chi connectivity index (χ3v) is 5.85. The van der Waals surface area contributed by atoms with E-state index < -0.39 is 40.1 Å². The predicted octanol–water partition coefficient (Wildman–Crippen LogP) is 7.39. The molecule has 0 atom stereocenters. The summed E-state index contributed by atoms with van der Waals surface area (Å²) in [5.74, 6) is 0.0450. The number of urea groups is 1. The van der Waals surface area contributed by atoms with Gasteiger partial charge in [0.15, 0.2) is 17.0 Å². The summed E-state index contributed by atoms with van der Waals surface area (Å²) in [4.78, 5) is 44.4. The molecule has 0 bridgehead atoms. The molecule has 2 aromatic heterocycles. The molecule has 16 heteroatoms. The lowest BCUT2D eigenvalue weighted by Crippen LogP contribution is -2.42. The molecule has 0 radical (unpaired) electrons. The van der Waals surface area contributed by atoms with Crippen molar-refractivity contribution in [3.8, 4) is 5.69 Å². The molecule has 0 aliphatic heterocycles. The fourth-order valence-electron chi connectivity index (χ4n) is 3.77. The molecule has 3 amide bonds. The van der Waals surface area contributed by atoms with Gasteiger partial charge in [0.25, 0.3) is 0 Å². The quantitative estimate of drug-likeness (QED) is 0.171. The monoisotopic (exact) mass is 635 g/mol. The number of benzene rings is 2. The van der Waals surface area contributed by atoms with Gasteiger partial charge >= 0.3 is 18.3 Å². The summed E-state index contributed by atoms with van der Waals surface area (Å²) in [6, 6.07) is 7.56. The number of hydrogen-bond donors (Lipinski definition) is 2. The summed E-state index contributed by atoms with van der Waals surface area (Å²) >= 11 is 5.62. The topological polar surface area (TPSA) is 135 Å². The number of ether oxygens (including phenoxy) is 1. The number of anilines is 3. The van der Waals surface area contributed by atoms with Gasteiger partial charge in [-0.05, 0) is 84.0 Å². The number of nitrogens with one attached hydrogen (secondary N) is 1. The minimum atomic E-state index is -4.73. The Bertz CT molecular complexity index is 1680. The zero-order valence-electron chi connectivity index (χ0n) is 24.5. The molecule has 2 aromatic carbocycles. The lowest BCUT2D eigenvalue weighted by atomic mass is 10.2. The Labute approximate surface area is 254 Å². The molecule has 0 fully saturated rings. The van der Waals surface area contributed by atoms with E-state index in [9.17, 15) is 28.0 Å². The van der Waals surface area contributed by atoms with Crippen molar-refractivity contribution in [2.24, 2.45) is 0 Å². The van der Waals surface area contributed by atoms with Gasteiger partial charge in [-0.15, -0.1) is 5.06 Å². The molecule has 44 heavy (non-hydrogen) atoms. The van der Waals surface area contributed by atoms with E-state index >= 15 is 0 Å². The molecule has 0 saturated carbocycles. The zero-order chi connectivity index (χ0) is 32.6. The lowest BCUT2D eigenvalue weighted by molar-refractivity contribution is -0.137. The number of carbonyl (C=O) groups is 2. The van der Waals surface area contributed by atoms with Crippen LogP contribution < -0.4 is 15.4 Å². The van der Waals surface area contributed by atoms with Crippen LogP contribution in [-0.4, -0.2) is 48.1 Å². The fraction of sp³-hybridized carbons (Fsp3) is 0.321. The van der Waals surface area contributed by atoms with Crippen molar-refractivity contribution < 1.29 is 37.5 Å². The molecule has 0 unspecified atom stereocenters. The number of amides is 3. The molecule has 2 heterocycles. The highest BCUT2D eigenvalue weighted by Gasteiger charge is 2.34. The van der Waals surface area contributed by atoms with Crippen LogP contribution in [0, 0.1) is 0 Å². The minimum Gasteiger partial charge on any atom is -0.442 e. The van der Waals surface area contributed by atoms with Gasteiger partial charge in [0.05, 0.1) is 21.9 Å². The molecule has 0 aliphatic carbocycles. The Hall–Kier alpha value is -4.47. The van der Waals surface area contributed by atoms with Crippen LogP contribution in [0.15, 0.2) is 55.1 Å². The Morgan fingerprint density at radius 1 is 0.955 bits per heavy atom. The van der Waals surface area contributed by atoms with Crippen LogP contribution in [0.4, 0.5) is 40.0 Å².